The monoisotopic (exact) mass is 262 g/mol. The van der Waals surface area contributed by atoms with Crippen molar-refractivity contribution in [1.82, 2.24) is 4.90 Å². The van der Waals surface area contributed by atoms with Crippen molar-refractivity contribution in [2.45, 2.75) is 26.2 Å². The van der Waals surface area contributed by atoms with E-state index in [1.165, 1.54) is 6.42 Å². The van der Waals surface area contributed by atoms with Crippen molar-refractivity contribution < 1.29 is 9.53 Å². The standard InChI is InChI=1S/C15H22N2O2/c1-12-6-7-14(19-2)13(10-12)16-11-15(18)17-8-4-3-5-9-17/h6-7,10,16H,3-5,8-9,11H2,1-2H3. The van der Waals surface area contributed by atoms with Gasteiger partial charge in [0.1, 0.15) is 5.75 Å². The summed E-state index contributed by atoms with van der Waals surface area (Å²) < 4.78 is 5.29. The van der Waals surface area contributed by atoms with Gasteiger partial charge in [0.2, 0.25) is 5.91 Å². The van der Waals surface area contributed by atoms with Gasteiger partial charge in [-0.05, 0) is 43.9 Å². The first-order valence-electron chi connectivity index (χ1n) is 6.87. The highest BCUT2D eigenvalue weighted by molar-refractivity contribution is 5.81. The molecule has 0 radical (unpaired) electrons. The van der Waals surface area contributed by atoms with E-state index < -0.39 is 0 Å². The molecule has 1 fully saturated rings. The van der Waals surface area contributed by atoms with Crippen LogP contribution in [0.4, 0.5) is 5.69 Å². The number of carbonyl (C=O) groups is 1. The van der Waals surface area contributed by atoms with Crippen molar-refractivity contribution in [3.05, 3.63) is 23.8 Å². The Morgan fingerprint density at radius 3 is 2.74 bits per heavy atom. The van der Waals surface area contributed by atoms with E-state index in [9.17, 15) is 4.79 Å². The van der Waals surface area contributed by atoms with Crippen molar-refractivity contribution in [1.29, 1.82) is 0 Å². The molecule has 1 amide bonds. The highest BCUT2D eigenvalue weighted by Crippen LogP contribution is 2.25. The van der Waals surface area contributed by atoms with Gasteiger partial charge < -0.3 is 15.0 Å². The third-order valence-electron chi connectivity index (χ3n) is 3.49. The molecule has 0 atom stereocenters. The van der Waals surface area contributed by atoms with E-state index in [4.69, 9.17) is 4.74 Å². The lowest BCUT2D eigenvalue weighted by molar-refractivity contribution is -0.130. The number of amides is 1. The van der Waals surface area contributed by atoms with Gasteiger partial charge in [-0.2, -0.15) is 0 Å². The van der Waals surface area contributed by atoms with Crippen LogP contribution in [-0.4, -0.2) is 37.6 Å². The van der Waals surface area contributed by atoms with Crippen LogP contribution in [-0.2, 0) is 4.79 Å². The number of nitrogens with one attached hydrogen (secondary N) is 1. The third-order valence-corrected chi connectivity index (χ3v) is 3.49. The lowest BCUT2D eigenvalue weighted by Crippen LogP contribution is -2.39. The number of rotatable bonds is 4. The van der Waals surface area contributed by atoms with Crippen LogP contribution >= 0.6 is 0 Å². The minimum Gasteiger partial charge on any atom is -0.495 e. The molecule has 0 unspecified atom stereocenters. The zero-order valence-electron chi connectivity index (χ0n) is 11.7. The molecule has 1 saturated heterocycles. The van der Waals surface area contributed by atoms with E-state index in [-0.39, 0.29) is 5.91 Å². The number of hydrogen-bond donors (Lipinski definition) is 1. The van der Waals surface area contributed by atoms with Crippen molar-refractivity contribution in [3.63, 3.8) is 0 Å². The normalized spacial score (nSPS) is 15.2. The molecule has 1 aliphatic heterocycles. The molecular formula is C15H22N2O2. The molecular weight excluding hydrogens is 240 g/mol. The van der Waals surface area contributed by atoms with Crippen LogP contribution in [0.3, 0.4) is 0 Å². The Morgan fingerprint density at radius 1 is 1.32 bits per heavy atom. The maximum atomic E-state index is 12.1. The van der Waals surface area contributed by atoms with E-state index in [2.05, 4.69) is 5.32 Å². The lowest BCUT2D eigenvalue weighted by atomic mass is 10.1. The Bertz CT molecular complexity index is 440. The number of piperidine rings is 1. The number of carbonyl (C=O) groups excluding carboxylic acids is 1. The number of benzene rings is 1. The lowest BCUT2D eigenvalue weighted by Gasteiger charge is -2.27. The molecule has 1 N–H and O–H groups in total. The summed E-state index contributed by atoms with van der Waals surface area (Å²) in [7, 11) is 1.64. The van der Waals surface area contributed by atoms with Gasteiger partial charge in [0.25, 0.3) is 0 Å². The average Bonchev–Trinajstić information content (AvgIpc) is 2.46. The van der Waals surface area contributed by atoms with Gasteiger partial charge in [-0.1, -0.05) is 6.07 Å². The van der Waals surface area contributed by atoms with E-state index in [0.717, 1.165) is 42.9 Å². The summed E-state index contributed by atoms with van der Waals surface area (Å²) >= 11 is 0. The van der Waals surface area contributed by atoms with Crippen LogP contribution in [0.25, 0.3) is 0 Å². The summed E-state index contributed by atoms with van der Waals surface area (Å²) in [5.41, 5.74) is 2.03. The summed E-state index contributed by atoms with van der Waals surface area (Å²) in [6.07, 6.45) is 3.49. The van der Waals surface area contributed by atoms with Gasteiger partial charge in [-0.25, -0.2) is 0 Å². The smallest absolute Gasteiger partial charge is 0.241 e. The minimum atomic E-state index is 0.170. The minimum absolute atomic E-state index is 0.170. The van der Waals surface area contributed by atoms with Crippen molar-refractivity contribution in [3.8, 4) is 5.75 Å². The predicted octanol–water partition coefficient (Wildman–Crippen LogP) is 2.43. The zero-order valence-corrected chi connectivity index (χ0v) is 11.7. The van der Waals surface area contributed by atoms with E-state index in [1.54, 1.807) is 7.11 Å². The second-order valence-electron chi connectivity index (χ2n) is 5.00. The first-order valence-corrected chi connectivity index (χ1v) is 6.87. The zero-order chi connectivity index (χ0) is 13.7. The largest absolute Gasteiger partial charge is 0.495 e. The second-order valence-corrected chi connectivity index (χ2v) is 5.00. The third kappa shape index (κ3) is 3.63. The van der Waals surface area contributed by atoms with Crippen LogP contribution in [0.5, 0.6) is 5.75 Å². The average molecular weight is 262 g/mol. The number of methoxy groups -OCH3 is 1. The van der Waals surface area contributed by atoms with Gasteiger partial charge in [-0.3, -0.25) is 4.79 Å². The second kappa shape index (κ2) is 6.45. The van der Waals surface area contributed by atoms with Gasteiger partial charge in [0.15, 0.2) is 0 Å². The van der Waals surface area contributed by atoms with E-state index >= 15 is 0 Å². The Balaban J connectivity index is 1.94. The Kier molecular flexibility index (Phi) is 4.66. The number of ether oxygens (including phenoxy) is 1. The molecule has 19 heavy (non-hydrogen) atoms. The number of likely N-dealkylation sites (tertiary alicyclic amines) is 1. The molecule has 0 bridgehead atoms. The number of nitrogens with zero attached hydrogens (tertiary/aromatic N) is 1. The van der Waals surface area contributed by atoms with Gasteiger partial charge in [-0.15, -0.1) is 0 Å². The molecule has 0 aliphatic carbocycles. The maximum absolute atomic E-state index is 12.1. The van der Waals surface area contributed by atoms with Crippen LogP contribution in [0.2, 0.25) is 0 Å². The summed E-state index contributed by atoms with van der Waals surface area (Å²) in [6.45, 7) is 4.15. The maximum Gasteiger partial charge on any atom is 0.241 e. The summed E-state index contributed by atoms with van der Waals surface area (Å²) in [4.78, 5) is 14.0. The molecule has 4 heteroatoms. The van der Waals surface area contributed by atoms with Gasteiger partial charge in [0.05, 0.1) is 19.3 Å². The summed E-state index contributed by atoms with van der Waals surface area (Å²) in [6, 6.07) is 5.92. The SMILES string of the molecule is COc1ccc(C)cc1NCC(=O)N1CCCCC1. The van der Waals surface area contributed by atoms with E-state index in [1.807, 2.05) is 30.0 Å². The number of hydrogen-bond acceptors (Lipinski definition) is 3. The molecule has 1 aromatic rings. The Labute approximate surface area is 114 Å². The highest BCUT2D eigenvalue weighted by Gasteiger charge is 2.16. The highest BCUT2D eigenvalue weighted by atomic mass is 16.5. The summed E-state index contributed by atoms with van der Waals surface area (Å²) in [5.74, 6) is 0.945. The van der Waals surface area contributed by atoms with Crippen LogP contribution in [0.1, 0.15) is 24.8 Å². The molecule has 104 valence electrons. The Morgan fingerprint density at radius 2 is 2.05 bits per heavy atom. The van der Waals surface area contributed by atoms with Crippen LogP contribution in [0, 0.1) is 6.92 Å². The van der Waals surface area contributed by atoms with Gasteiger partial charge in [0, 0.05) is 13.1 Å². The molecule has 0 spiro atoms. The fourth-order valence-electron chi connectivity index (χ4n) is 2.39. The number of aryl methyl sites for hydroxylation is 1. The quantitative estimate of drug-likeness (QED) is 0.906. The van der Waals surface area contributed by atoms with Crippen LogP contribution in [0.15, 0.2) is 18.2 Å². The topological polar surface area (TPSA) is 41.6 Å². The molecule has 1 aliphatic rings. The fraction of sp³-hybridized carbons (Fsp3) is 0.533. The van der Waals surface area contributed by atoms with Crippen molar-refractivity contribution >= 4 is 11.6 Å². The molecule has 0 saturated carbocycles. The van der Waals surface area contributed by atoms with E-state index in [0.29, 0.717) is 6.54 Å². The Hall–Kier alpha value is -1.71. The molecule has 0 aromatic heterocycles. The van der Waals surface area contributed by atoms with Crippen molar-refractivity contribution in [2.75, 3.05) is 32.1 Å². The first kappa shape index (κ1) is 13.7. The molecule has 2 rings (SSSR count). The molecule has 1 aromatic carbocycles. The molecule has 4 nitrogen and oxygen atoms in total. The first-order chi connectivity index (χ1) is 9.20. The fourth-order valence-corrected chi connectivity index (χ4v) is 2.39. The summed E-state index contributed by atoms with van der Waals surface area (Å²) in [5, 5.41) is 3.19. The van der Waals surface area contributed by atoms with Crippen LogP contribution < -0.4 is 10.1 Å². The predicted molar refractivity (Wildman–Crippen MR) is 76.7 cm³/mol. The molecule has 1 heterocycles. The van der Waals surface area contributed by atoms with Crippen molar-refractivity contribution in [2.24, 2.45) is 0 Å². The number of anilines is 1. The van der Waals surface area contributed by atoms with Gasteiger partial charge >= 0.3 is 0 Å².